The first kappa shape index (κ1) is 24.2. The molecule has 1 fully saturated rings. The third-order valence-electron chi connectivity index (χ3n) is 6.09. The largest absolute Gasteiger partial charge is 0.434 e. The highest BCUT2D eigenvalue weighted by atomic mass is 16.7. The molecule has 1 N–H and O–H groups in total. The van der Waals surface area contributed by atoms with Gasteiger partial charge < -0.3 is 14.6 Å². The molecular formula is C27H31N5O3. The van der Waals surface area contributed by atoms with Crippen LogP contribution in [0.4, 0.5) is 10.5 Å². The Kier molecular flexibility index (Phi) is 8.30. The number of benzene rings is 2. The number of hydroxylamine groups is 1. The first-order valence-electron chi connectivity index (χ1n) is 11.9. The van der Waals surface area contributed by atoms with Gasteiger partial charge in [0.25, 0.3) is 5.91 Å². The molecule has 0 bridgehead atoms. The predicted molar refractivity (Wildman–Crippen MR) is 135 cm³/mol. The first-order chi connectivity index (χ1) is 17.1. The van der Waals surface area contributed by atoms with Crippen molar-refractivity contribution < 1.29 is 14.4 Å². The number of carbonyl (C=O) groups is 2. The molecule has 35 heavy (non-hydrogen) atoms. The lowest BCUT2D eigenvalue weighted by molar-refractivity contribution is 0.0397. The molecule has 3 aromatic rings. The minimum atomic E-state index is -0.641. The number of amides is 2. The maximum atomic E-state index is 12.9. The van der Waals surface area contributed by atoms with Crippen molar-refractivity contribution in [2.75, 3.05) is 37.6 Å². The van der Waals surface area contributed by atoms with Crippen LogP contribution in [0.3, 0.4) is 0 Å². The van der Waals surface area contributed by atoms with E-state index in [1.807, 2.05) is 60.7 Å². The van der Waals surface area contributed by atoms with Crippen LogP contribution in [0.15, 0.2) is 79.1 Å². The van der Waals surface area contributed by atoms with Gasteiger partial charge in [-0.1, -0.05) is 49.4 Å². The summed E-state index contributed by atoms with van der Waals surface area (Å²) in [6, 6.07) is 20.7. The summed E-state index contributed by atoms with van der Waals surface area (Å²) < 4.78 is 0. The van der Waals surface area contributed by atoms with Gasteiger partial charge >= 0.3 is 6.09 Å². The normalized spacial score (nSPS) is 13.8. The molecule has 1 saturated heterocycles. The highest BCUT2D eigenvalue weighted by Crippen LogP contribution is 2.18. The fraction of sp³-hybridized carbons (Fsp3) is 0.296. The van der Waals surface area contributed by atoms with Crippen LogP contribution in [0.1, 0.15) is 28.4 Å². The van der Waals surface area contributed by atoms with E-state index in [0.717, 1.165) is 49.5 Å². The van der Waals surface area contributed by atoms with Gasteiger partial charge in [-0.15, -0.1) is 0 Å². The number of likely N-dealkylation sites (N-methyl/N-ethyl adjacent to an activating group) is 1. The Balaban J connectivity index is 1.38. The van der Waals surface area contributed by atoms with Crippen molar-refractivity contribution in [1.82, 2.24) is 20.3 Å². The molecule has 2 heterocycles. The van der Waals surface area contributed by atoms with E-state index in [0.29, 0.717) is 18.7 Å². The quantitative estimate of drug-likeness (QED) is 0.527. The Bertz CT molecular complexity index is 1060. The number of carbonyl (C=O) groups excluding carboxylic acids is 2. The number of aromatic nitrogens is 1. The zero-order valence-corrected chi connectivity index (χ0v) is 20.0. The second kappa shape index (κ2) is 12.0. The molecule has 1 aromatic heterocycles. The topological polar surface area (TPSA) is 78.0 Å². The van der Waals surface area contributed by atoms with Gasteiger partial charge in [0.1, 0.15) is 0 Å². The van der Waals surface area contributed by atoms with Gasteiger partial charge in [0.2, 0.25) is 0 Å². The van der Waals surface area contributed by atoms with E-state index in [1.54, 1.807) is 18.5 Å². The summed E-state index contributed by atoms with van der Waals surface area (Å²) in [5.41, 5.74) is 5.57. The van der Waals surface area contributed by atoms with Crippen LogP contribution in [0, 0.1) is 0 Å². The summed E-state index contributed by atoms with van der Waals surface area (Å²) in [6.45, 7) is 7.68. The van der Waals surface area contributed by atoms with Crippen molar-refractivity contribution in [2.24, 2.45) is 0 Å². The minimum Gasteiger partial charge on any atom is -0.369 e. The molecule has 0 spiro atoms. The van der Waals surface area contributed by atoms with Gasteiger partial charge in [-0.2, -0.15) is 5.48 Å². The number of pyridine rings is 1. The molecule has 1 aliphatic rings. The van der Waals surface area contributed by atoms with Crippen LogP contribution in [0.5, 0.6) is 0 Å². The fourth-order valence-corrected chi connectivity index (χ4v) is 4.08. The predicted octanol–water partition coefficient (Wildman–Crippen LogP) is 3.71. The maximum Gasteiger partial charge on any atom is 0.434 e. The lowest BCUT2D eigenvalue weighted by Gasteiger charge is -2.35. The van der Waals surface area contributed by atoms with Crippen LogP contribution < -0.4 is 10.4 Å². The number of nitrogens with one attached hydrogen (secondary N) is 1. The van der Waals surface area contributed by atoms with Crippen molar-refractivity contribution in [3.8, 4) is 0 Å². The summed E-state index contributed by atoms with van der Waals surface area (Å²) in [6.07, 6.45) is 2.75. The summed E-state index contributed by atoms with van der Waals surface area (Å²) in [4.78, 5) is 41.2. The Morgan fingerprint density at radius 2 is 1.69 bits per heavy atom. The molecule has 1 aliphatic heterocycles. The number of rotatable bonds is 7. The zero-order valence-electron chi connectivity index (χ0n) is 20.0. The Labute approximate surface area is 206 Å². The van der Waals surface area contributed by atoms with Crippen LogP contribution in [-0.4, -0.2) is 59.5 Å². The van der Waals surface area contributed by atoms with Gasteiger partial charge in [-0.05, 0) is 41.9 Å². The standard InChI is InChI=1S/C27H31N5O3/c1-2-30-14-16-31(17-15-30)25-12-6-11-24(18-25)26(33)29-35-27(34)32(20-22-8-4-3-5-9-22)21-23-10-7-13-28-19-23/h3-13,18-19H,2,14-17,20-21H2,1H3,(H,29,33). The van der Waals surface area contributed by atoms with Gasteiger partial charge in [-0.25, -0.2) is 4.79 Å². The van der Waals surface area contributed by atoms with Crippen molar-refractivity contribution >= 4 is 17.7 Å². The van der Waals surface area contributed by atoms with E-state index in [4.69, 9.17) is 4.84 Å². The molecule has 0 saturated carbocycles. The second-order valence-corrected chi connectivity index (χ2v) is 8.47. The average Bonchev–Trinajstić information content (AvgIpc) is 2.92. The number of anilines is 1. The van der Waals surface area contributed by atoms with E-state index >= 15 is 0 Å². The van der Waals surface area contributed by atoms with Gasteiger partial charge in [0.15, 0.2) is 0 Å². The van der Waals surface area contributed by atoms with Crippen LogP contribution in [0.2, 0.25) is 0 Å². The number of nitrogens with zero attached hydrogens (tertiary/aromatic N) is 4. The molecule has 0 unspecified atom stereocenters. The molecule has 0 atom stereocenters. The number of hydrogen-bond donors (Lipinski definition) is 1. The molecule has 2 amide bonds. The molecule has 8 nitrogen and oxygen atoms in total. The maximum absolute atomic E-state index is 12.9. The fourth-order valence-electron chi connectivity index (χ4n) is 4.08. The molecule has 8 heteroatoms. The molecule has 2 aromatic carbocycles. The zero-order chi connectivity index (χ0) is 24.5. The third kappa shape index (κ3) is 6.80. The highest BCUT2D eigenvalue weighted by Gasteiger charge is 2.20. The summed E-state index contributed by atoms with van der Waals surface area (Å²) >= 11 is 0. The third-order valence-corrected chi connectivity index (χ3v) is 6.09. The monoisotopic (exact) mass is 473 g/mol. The highest BCUT2D eigenvalue weighted by molar-refractivity contribution is 5.95. The van der Waals surface area contributed by atoms with Crippen LogP contribution in [0.25, 0.3) is 0 Å². The van der Waals surface area contributed by atoms with Crippen molar-refractivity contribution in [2.45, 2.75) is 20.0 Å². The Hall–Kier alpha value is -3.91. The number of hydrogen-bond acceptors (Lipinski definition) is 6. The lowest BCUT2D eigenvalue weighted by atomic mass is 10.1. The number of piperazine rings is 1. The first-order valence-corrected chi connectivity index (χ1v) is 11.9. The van der Waals surface area contributed by atoms with E-state index in [-0.39, 0.29) is 0 Å². The summed E-state index contributed by atoms with van der Waals surface area (Å²) in [7, 11) is 0. The van der Waals surface area contributed by atoms with E-state index in [2.05, 4.69) is 27.2 Å². The van der Waals surface area contributed by atoms with E-state index < -0.39 is 12.0 Å². The van der Waals surface area contributed by atoms with Crippen molar-refractivity contribution in [3.05, 3.63) is 95.8 Å². The summed E-state index contributed by atoms with van der Waals surface area (Å²) in [5, 5.41) is 0. The Morgan fingerprint density at radius 1 is 0.943 bits per heavy atom. The van der Waals surface area contributed by atoms with Gasteiger partial charge in [-0.3, -0.25) is 14.7 Å². The Morgan fingerprint density at radius 3 is 2.40 bits per heavy atom. The lowest BCUT2D eigenvalue weighted by Crippen LogP contribution is -2.46. The SMILES string of the molecule is CCN1CCN(c2cccc(C(=O)NOC(=O)N(Cc3ccccc3)Cc3cccnc3)c2)CC1. The molecule has 4 rings (SSSR count). The molecular weight excluding hydrogens is 442 g/mol. The van der Waals surface area contributed by atoms with Crippen molar-refractivity contribution in [3.63, 3.8) is 0 Å². The second-order valence-electron chi connectivity index (χ2n) is 8.47. The average molecular weight is 474 g/mol. The van der Waals surface area contributed by atoms with Crippen molar-refractivity contribution in [1.29, 1.82) is 0 Å². The smallest absolute Gasteiger partial charge is 0.369 e. The van der Waals surface area contributed by atoms with Crippen LogP contribution >= 0.6 is 0 Å². The minimum absolute atomic E-state index is 0.302. The van der Waals surface area contributed by atoms with Gasteiger partial charge in [0.05, 0.1) is 6.54 Å². The molecule has 0 aliphatic carbocycles. The van der Waals surface area contributed by atoms with E-state index in [9.17, 15) is 9.59 Å². The van der Waals surface area contributed by atoms with Gasteiger partial charge in [0, 0.05) is 56.4 Å². The molecule has 0 radical (unpaired) electrons. The summed E-state index contributed by atoms with van der Waals surface area (Å²) in [5.74, 6) is -0.464. The molecule has 182 valence electrons. The van der Waals surface area contributed by atoms with E-state index in [1.165, 1.54) is 4.90 Å². The van der Waals surface area contributed by atoms with Crippen LogP contribution in [-0.2, 0) is 17.9 Å².